The quantitative estimate of drug-likeness (QED) is 0.193. The molecule has 0 fully saturated rings. The number of nitrogens with zero attached hydrogens (tertiary/aromatic N) is 4. The Labute approximate surface area is 287 Å². The molecule has 0 atom stereocenters. The van der Waals surface area contributed by atoms with Gasteiger partial charge in [-0.05, 0) is 58.6 Å². The van der Waals surface area contributed by atoms with Crippen molar-refractivity contribution >= 4 is 76.1 Å². The molecule has 0 N–H and O–H groups in total. The Morgan fingerprint density at radius 3 is 1.90 bits per heavy atom. The molecule has 0 saturated carbocycles. The van der Waals surface area contributed by atoms with Crippen LogP contribution in [-0.2, 0) is 0 Å². The minimum absolute atomic E-state index is 0.658. The monoisotopic (exact) mass is 636 g/mol. The topological polar surface area (TPSA) is 35.6 Å². The van der Waals surface area contributed by atoms with Gasteiger partial charge in [-0.2, -0.15) is 0 Å². The first-order chi connectivity index (χ1) is 24.8. The van der Waals surface area contributed by atoms with Crippen LogP contribution in [0.5, 0.6) is 0 Å². The van der Waals surface area contributed by atoms with E-state index in [0.29, 0.717) is 5.95 Å². The smallest absolute Gasteiger partial charge is 0.235 e. The van der Waals surface area contributed by atoms with Crippen molar-refractivity contribution in [1.29, 1.82) is 0 Å². The Morgan fingerprint density at radius 2 is 1.02 bits per heavy atom. The fraction of sp³-hybridized carbons (Fsp3) is 0. The number of para-hydroxylation sites is 3. The molecule has 3 heterocycles. The van der Waals surface area contributed by atoms with E-state index in [9.17, 15) is 0 Å². The molecule has 8 aromatic carbocycles. The summed E-state index contributed by atoms with van der Waals surface area (Å²) in [5.74, 6) is 0.658. The zero-order chi connectivity index (χ0) is 32.8. The molecule has 4 heteroatoms. The van der Waals surface area contributed by atoms with Gasteiger partial charge in [0.1, 0.15) is 0 Å². The van der Waals surface area contributed by atoms with Gasteiger partial charge in [0.2, 0.25) is 5.95 Å². The van der Waals surface area contributed by atoms with Crippen molar-refractivity contribution in [2.45, 2.75) is 0 Å². The van der Waals surface area contributed by atoms with E-state index >= 15 is 0 Å². The number of benzene rings is 8. The first-order valence-corrected chi connectivity index (χ1v) is 17.0. The Hall–Kier alpha value is -6.78. The standard InChI is InChI=1S/C46H28N4/c1-2-15-33(16-3-1)49-42-28-43-38(27-39(42)36-25-24-30-13-6-7-17-34(30)45(36)49)35-18-9-11-21-41(35)50(43)46-47-40-20-10-8-19-37(40)44(48-46)32-23-22-29-12-4-5-14-31(29)26-32/h1-28H. The summed E-state index contributed by atoms with van der Waals surface area (Å²) in [6, 6.07) is 60.7. The molecule has 3 aromatic heterocycles. The molecule has 0 saturated heterocycles. The first kappa shape index (κ1) is 27.2. The lowest BCUT2D eigenvalue weighted by Gasteiger charge is -2.13. The van der Waals surface area contributed by atoms with Crippen LogP contribution in [0.3, 0.4) is 0 Å². The summed E-state index contributed by atoms with van der Waals surface area (Å²) in [4.78, 5) is 10.7. The number of hydrogen-bond donors (Lipinski definition) is 0. The van der Waals surface area contributed by atoms with Gasteiger partial charge in [-0.1, -0.05) is 127 Å². The van der Waals surface area contributed by atoms with Crippen LogP contribution in [0.4, 0.5) is 0 Å². The predicted molar refractivity (Wildman–Crippen MR) is 209 cm³/mol. The third-order valence-electron chi connectivity index (χ3n) is 10.3. The molecule has 0 amide bonds. The molecule has 232 valence electrons. The second-order valence-corrected chi connectivity index (χ2v) is 13.0. The lowest BCUT2D eigenvalue weighted by molar-refractivity contribution is 1.01. The van der Waals surface area contributed by atoms with Crippen LogP contribution in [0, 0.1) is 0 Å². The fourth-order valence-electron chi connectivity index (χ4n) is 8.02. The lowest BCUT2D eigenvalue weighted by atomic mass is 10.0. The second kappa shape index (κ2) is 10.4. The highest BCUT2D eigenvalue weighted by Crippen LogP contribution is 2.42. The maximum atomic E-state index is 5.41. The van der Waals surface area contributed by atoms with Crippen molar-refractivity contribution in [2.75, 3.05) is 0 Å². The molecule has 50 heavy (non-hydrogen) atoms. The van der Waals surface area contributed by atoms with Crippen LogP contribution in [0.1, 0.15) is 0 Å². The maximum absolute atomic E-state index is 5.41. The van der Waals surface area contributed by atoms with Crippen LogP contribution in [-0.4, -0.2) is 19.1 Å². The Bertz CT molecular complexity index is 3150. The van der Waals surface area contributed by atoms with Gasteiger partial charge in [0.05, 0.1) is 33.3 Å². The highest BCUT2D eigenvalue weighted by Gasteiger charge is 2.21. The number of fused-ring (bicyclic) bond motifs is 10. The van der Waals surface area contributed by atoms with Crippen LogP contribution >= 0.6 is 0 Å². The van der Waals surface area contributed by atoms with Gasteiger partial charge in [0, 0.05) is 43.6 Å². The minimum atomic E-state index is 0.658. The Kier molecular flexibility index (Phi) is 5.63. The van der Waals surface area contributed by atoms with E-state index < -0.39 is 0 Å². The van der Waals surface area contributed by atoms with E-state index in [4.69, 9.17) is 9.97 Å². The summed E-state index contributed by atoms with van der Waals surface area (Å²) in [6.07, 6.45) is 0. The van der Waals surface area contributed by atoms with Crippen molar-refractivity contribution in [3.63, 3.8) is 0 Å². The maximum Gasteiger partial charge on any atom is 0.235 e. The van der Waals surface area contributed by atoms with Crippen LogP contribution < -0.4 is 0 Å². The van der Waals surface area contributed by atoms with Crippen molar-refractivity contribution in [3.8, 4) is 22.9 Å². The van der Waals surface area contributed by atoms with Crippen molar-refractivity contribution in [3.05, 3.63) is 170 Å². The van der Waals surface area contributed by atoms with Crippen molar-refractivity contribution < 1.29 is 0 Å². The molecule has 0 radical (unpaired) electrons. The normalized spacial score (nSPS) is 12.0. The molecule has 4 nitrogen and oxygen atoms in total. The number of rotatable bonds is 3. The summed E-state index contributed by atoms with van der Waals surface area (Å²) in [7, 11) is 0. The van der Waals surface area contributed by atoms with Crippen molar-refractivity contribution in [2.24, 2.45) is 0 Å². The van der Waals surface area contributed by atoms with Gasteiger partial charge in [-0.3, -0.25) is 4.57 Å². The average molecular weight is 637 g/mol. The van der Waals surface area contributed by atoms with Gasteiger partial charge < -0.3 is 4.57 Å². The third kappa shape index (κ3) is 3.87. The zero-order valence-corrected chi connectivity index (χ0v) is 27.0. The van der Waals surface area contributed by atoms with Gasteiger partial charge in [0.15, 0.2) is 0 Å². The molecular weight excluding hydrogens is 609 g/mol. The van der Waals surface area contributed by atoms with Crippen LogP contribution in [0.15, 0.2) is 170 Å². The van der Waals surface area contributed by atoms with E-state index in [0.717, 1.165) is 44.4 Å². The van der Waals surface area contributed by atoms with E-state index in [-0.39, 0.29) is 0 Å². The molecule has 0 aliphatic carbocycles. The third-order valence-corrected chi connectivity index (χ3v) is 10.3. The molecule has 11 aromatic rings. The lowest BCUT2D eigenvalue weighted by Crippen LogP contribution is -2.03. The number of hydrogen-bond acceptors (Lipinski definition) is 2. The van der Waals surface area contributed by atoms with E-state index in [1.165, 1.54) is 48.6 Å². The van der Waals surface area contributed by atoms with Gasteiger partial charge in [-0.25, -0.2) is 9.97 Å². The van der Waals surface area contributed by atoms with E-state index in [2.05, 4.69) is 179 Å². The summed E-state index contributed by atoms with van der Waals surface area (Å²) < 4.78 is 4.68. The highest BCUT2D eigenvalue weighted by molar-refractivity contribution is 6.23. The SMILES string of the molecule is c1ccc(-n2c3cc4c(cc3c3ccc5ccccc5c32)c2ccccc2n4-c2nc(-c3ccc4ccccc4c3)c3ccccc3n2)cc1. The fourth-order valence-corrected chi connectivity index (χ4v) is 8.02. The Morgan fingerprint density at radius 1 is 0.360 bits per heavy atom. The largest absolute Gasteiger partial charge is 0.309 e. The molecule has 0 spiro atoms. The summed E-state index contributed by atoms with van der Waals surface area (Å²) in [5, 5.41) is 10.7. The van der Waals surface area contributed by atoms with Gasteiger partial charge >= 0.3 is 0 Å². The molecule has 0 aliphatic rings. The average Bonchev–Trinajstić information content (AvgIpc) is 3.69. The summed E-state index contributed by atoms with van der Waals surface area (Å²) in [6.45, 7) is 0. The summed E-state index contributed by atoms with van der Waals surface area (Å²) in [5.41, 5.74) is 8.56. The minimum Gasteiger partial charge on any atom is -0.309 e. The van der Waals surface area contributed by atoms with Gasteiger partial charge in [0.25, 0.3) is 0 Å². The number of aromatic nitrogens is 4. The molecular formula is C46H28N4. The van der Waals surface area contributed by atoms with E-state index in [1.807, 2.05) is 0 Å². The van der Waals surface area contributed by atoms with Crippen LogP contribution in [0.2, 0.25) is 0 Å². The summed E-state index contributed by atoms with van der Waals surface area (Å²) >= 11 is 0. The van der Waals surface area contributed by atoms with Crippen molar-refractivity contribution in [1.82, 2.24) is 19.1 Å². The molecule has 0 aliphatic heterocycles. The predicted octanol–water partition coefficient (Wildman–Crippen LogP) is 11.8. The van der Waals surface area contributed by atoms with Gasteiger partial charge in [-0.15, -0.1) is 0 Å². The van der Waals surface area contributed by atoms with E-state index in [1.54, 1.807) is 0 Å². The molecule has 11 rings (SSSR count). The Balaban J connectivity index is 1.27. The molecule has 0 bridgehead atoms. The van der Waals surface area contributed by atoms with Crippen LogP contribution in [0.25, 0.3) is 99.0 Å². The highest BCUT2D eigenvalue weighted by atomic mass is 15.2. The second-order valence-electron chi connectivity index (χ2n) is 13.0. The zero-order valence-electron chi connectivity index (χ0n) is 27.0. The first-order valence-electron chi connectivity index (χ1n) is 17.0. The molecule has 0 unspecified atom stereocenters.